The van der Waals surface area contributed by atoms with Crippen molar-refractivity contribution in [1.82, 2.24) is 0 Å². The number of carbonyl (C=O) groups excluding carboxylic acids is 2. The van der Waals surface area contributed by atoms with Gasteiger partial charge in [-0.05, 0) is 12.8 Å². The van der Waals surface area contributed by atoms with Gasteiger partial charge in [0.05, 0.1) is 13.5 Å². The second-order valence-electron chi connectivity index (χ2n) is 4.30. The van der Waals surface area contributed by atoms with Crippen molar-refractivity contribution in [2.24, 2.45) is 5.41 Å². The monoisotopic (exact) mass is 198 g/mol. The maximum atomic E-state index is 11.8. The molecule has 1 atom stereocenters. The summed E-state index contributed by atoms with van der Waals surface area (Å²) in [6.07, 6.45) is 4.79. The second-order valence-corrected chi connectivity index (χ2v) is 4.30. The van der Waals surface area contributed by atoms with Crippen LogP contribution in [0, 0.1) is 5.41 Å². The van der Waals surface area contributed by atoms with Gasteiger partial charge in [-0.15, -0.1) is 0 Å². The zero-order chi connectivity index (χ0) is 10.6. The lowest BCUT2D eigenvalue weighted by molar-refractivity contribution is -0.147. The normalized spacial score (nSPS) is 28.3. The van der Waals surface area contributed by atoms with Crippen LogP contribution in [-0.2, 0) is 14.3 Å². The van der Waals surface area contributed by atoms with E-state index in [1.54, 1.807) is 0 Å². The first-order valence-electron chi connectivity index (χ1n) is 5.18. The molecule has 0 radical (unpaired) electrons. The lowest BCUT2D eigenvalue weighted by Gasteiger charge is -2.24. The van der Waals surface area contributed by atoms with Crippen molar-refractivity contribution >= 4 is 11.8 Å². The molecule has 14 heavy (non-hydrogen) atoms. The van der Waals surface area contributed by atoms with E-state index in [2.05, 4.69) is 4.74 Å². The van der Waals surface area contributed by atoms with Gasteiger partial charge in [0.15, 0.2) is 0 Å². The minimum Gasteiger partial charge on any atom is -0.469 e. The van der Waals surface area contributed by atoms with Crippen molar-refractivity contribution in [2.45, 2.75) is 45.4 Å². The van der Waals surface area contributed by atoms with E-state index in [-0.39, 0.29) is 18.2 Å². The quantitative estimate of drug-likeness (QED) is 0.504. The van der Waals surface area contributed by atoms with Crippen LogP contribution in [0.15, 0.2) is 0 Å². The van der Waals surface area contributed by atoms with Crippen molar-refractivity contribution in [1.29, 1.82) is 0 Å². The molecule has 1 saturated carbocycles. The highest BCUT2D eigenvalue weighted by Crippen LogP contribution is 2.34. The van der Waals surface area contributed by atoms with Crippen LogP contribution < -0.4 is 0 Å². The molecule has 0 saturated heterocycles. The molecular formula is C11H18O3. The number of esters is 1. The molecule has 0 aromatic rings. The van der Waals surface area contributed by atoms with Crippen LogP contribution in [0.1, 0.15) is 45.4 Å². The number of hydrogen-bond acceptors (Lipinski definition) is 3. The summed E-state index contributed by atoms with van der Waals surface area (Å²) in [6, 6.07) is 0. The van der Waals surface area contributed by atoms with Crippen molar-refractivity contribution < 1.29 is 14.3 Å². The van der Waals surface area contributed by atoms with Gasteiger partial charge >= 0.3 is 5.97 Å². The van der Waals surface area contributed by atoms with Crippen LogP contribution in [0.5, 0.6) is 0 Å². The molecule has 3 nitrogen and oxygen atoms in total. The molecule has 0 N–H and O–H groups in total. The summed E-state index contributed by atoms with van der Waals surface area (Å²) in [5.41, 5.74) is -0.469. The van der Waals surface area contributed by atoms with Crippen molar-refractivity contribution in [3.63, 3.8) is 0 Å². The van der Waals surface area contributed by atoms with E-state index >= 15 is 0 Å². The molecule has 1 aliphatic carbocycles. The van der Waals surface area contributed by atoms with E-state index in [9.17, 15) is 9.59 Å². The summed E-state index contributed by atoms with van der Waals surface area (Å²) in [5, 5.41) is 0. The van der Waals surface area contributed by atoms with Crippen LogP contribution >= 0.6 is 0 Å². The lowest BCUT2D eigenvalue weighted by Crippen LogP contribution is -2.29. The average molecular weight is 198 g/mol. The Morgan fingerprint density at radius 3 is 2.79 bits per heavy atom. The highest BCUT2D eigenvalue weighted by Gasteiger charge is 2.36. The molecule has 0 spiro atoms. The maximum Gasteiger partial charge on any atom is 0.306 e. The summed E-state index contributed by atoms with van der Waals surface area (Å²) in [6.45, 7) is 1.89. The Kier molecular flexibility index (Phi) is 3.67. The van der Waals surface area contributed by atoms with Gasteiger partial charge in [-0.1, -0.05) is 19.8 Å². The number of methoxy groups -OCH3 is 1. The Labute approximate surface area is 84.8 Å². The highest BCUT2D eigenvalue weighted by atomic mass is 16.5. The summed E-state index contributed by atoms with van der Waals surface area (Å²) < 4.78 is 4.62. The Balaban J connectivity index is 2.67. The van der Waals surface area contributed by atoms with Gasteiger partial charge in [0.1, 0.15) is 5.78 Å². The summed E-state index contributed by atoms with van der Waals surface area (Å²) in [4.78, 5) is 22.9. The predicted molar refractivity (Wildman–Crippen MR) is 52.8 cm³/mol. The lowest BCUT2D eigenvalue weighted by atomic mass is 9.78. The fraction of sp³-hybridized carbons (Fsp3) is 0.818. The first kappa shape index (κ1) is 11.2. The summed E-state index contributed by atoms with van der Waals surface area (Å²) in [5.74, 6) is -0.0526. The molecule has 80 valence electrons. The minimum absolute atomic E-state index is 0.223. The third-order valence-corrected chi connectivity index (χ3v) is 3.07. The topological polar surface area (TPSA) is 43.4 Å². The third kappa shape index (κ3) is 2.56. The highest BCUT2D eigenvalue weighted by molar-refractivity contribution is 5.88. The van der Waals surface area contributed by atoms with Gasteiger partial charge in [-0.3, -0.25) is 9.59 Å². The molecular weight excluding hydrogens is 180 g/mol. The minimum atomic E-state index is -0.469. The predicted octanol–water partition coefficient (Wildman–Crippen LogP) is 2.09. The van der Waals surface area contributed by atoms with Gasteiger partial charge in [-0.25, -0.2) is 0 Å². The number of hydrogen-bond donors (Lipinski definition) is 0. The molecule has 0 heterocycles. The number of carbonyl (C=O) groups is 2. The fourth-order valence-corrected chi connectivity index (χ4v) is 2.00. The number of ketones is 1. The number of rotatable bonds is 2. The largest absolute Gasteiger partial charge is 0.469 e. The second kappa shape index (κ2) is 4.58. The van der Waals surface area contributed by atoms with E-state index in [1.807, 2.05) is 6.92 Å². The van der Waals surface area contributed by atoms with Crippen molar-refractivity contribution in [3.05, 3.63) is 0 Å². The Bertz CT molecular complexity index is 235. The number of Topliss-reactive ketones (excluding diaryl/α,β-unsaturated/α-hetero) is 1. The molecule has 1 unspecified atom stereocenters. The van der Waals surface area contributed by atoms with E-state index < -0.39 is 5.41 Å². The SMILES string of the molecule is COC(=O)CC1(C)CCCCCC1=O. The molecule has 0 aromatic heterocycles. The zero-order valence-electron chi connectivity index (χ0n) is 8.97. The Morgan fingerprint density at radius 1 is 1.43 bits per heavy atom. The van der Waals surface area contributed by atoms with Gasteiger partial charge < -0.3 is 4.74 Å². The van der Waals surface area contributed by atoms with Gasteiger partial charge in [0, 0.05) is 11.8 Å². The first-order valence-corrected chi connectivity index (χ1v) is 5.18. The van der Waals surface area contributed by atoms with Crippen molar-refractivity contribution in [3.8, 4) is 0 Å². The third-order valence-electron chi connectivity index (χ3n) is 3.07. The van der Waals surface area contributed by atoms with Crippen LogP contribution in [0.4, 0.5) is 0 Å². The molecule has 3 heteroatoms. The molecule has 0 aliphatic heterocycles. The fourth-order valence-electron chi connectivity index (χ4n) is 2.00. The zero-order valence-corrected chi connectivity index (χ0v) is 8.97. The van der Waals surface area contributed by atoms with Crippen LogP contribution in [0.2, 0.25) is 0 Å². The molecule has 0 bridgehead atoms. The van der Waals surface area contributed by atoms with Gasteiger partial charge in [0.2, 0.25) is 0 Å². The van der Waals surface area contributed by atoms with E-state index in [4.69, 9.17) is 0 Å². The van der Waals surface area contributed by atoms with Crippen LogP contribution in [-0.4, -0.2) is 18.9 Å². The maximum absolute atomic E-state index is 11.8. The van der Waals surface area contributed by atoms with Crippen LogP contribution in [0.25, 0.3) is 0 Å². The van der Waals surface area contributed by atoms with E-state index in [0.29, 0.717) is 6.42 Å². The van der Waals surface area contributed by atoms with E-state index in [0.717, 1.165) is 25.7 Å². The standard InChI is InChI=1S/C11H18O3/c1-11(8-10(13)14-2)7-5-3-4-6-9(11)12/h3-8H2,1-2H3. The van der Waals surface area contributed by atoms with Gasteiger partial charge in [0.25, 0.3) is 0 Å². The summed E-state index contributed by atoms with van der Waals surface area (Å²) in [7, 11) is 1.37. The van der Waals surface area contributed by atoms with Crippen LogP contribution in [0.3, 0.4) is 0 Å². The van der Waals surface area contributed by atoms with Gasteiger partial charge in [-0.2, -0.15) is 0 Å². The smallest absolute Gasteiger partial charge is 0.306 e. The molecule has 1 aliphatic rings. The molecule has 0 amide bonds. The van der Waals surface area contributed by atoms with E-state index in [1.165, 1.54) is 7.11 Å². The molecule has 1 fully saturated rings. The number of ether oxygens (including phenoxy) is 1. The Morgan fingerprint density at radius 2 is 2.14 bits per heavy atom. The summed E-state index contributed by atoms with van der Waals surface area (Å²) >= 11 is 0. The first-order chi connectivity index (χ1) is 6.58. The molecule has 0 aromatic carbocycles. The van der Waals surface area contributed by atoms with Crippen molar-refractivity contribution in [2.75, 3.05) is 7.11 Å². The average Bonchev–Trinajstić information content (AvgIpc) is 2.30. The Hall–Kier alpha value is -0.860. The molecule has 1 rings (SSSR count).